The molecule has 5 nitrogen and oxygen atoms in total. The number of hydrogen-bond acceptors (Lipinski definition) is 4. The van der Waals surface area contributed by atoms with E-state index in [0.717, 1.165) is 17.9 Å². The van der Waals surface area contributed by atoms with Gasteiger partial charge >= 0.3 is 0 Å². The second-order valence-corrected chi connectivity index (χ2v) is 7.24. The molecule has 0 saturated heterocycles. The lowest BCUT2D eigenvalue weighted by Gasteiger charge is -2.15. The summed E-state index contributed by atoms with van der Waals surface area (Å²) in [6, 6.07) is 1.45. The second-order valence-electron chi connectivity index (χ2n) is 6.26. The van der Waals surface area contributed by atoms with E-state index in [4.69, 9.17) is 5.73 Å². The van der Waals surface area contributed by atoms with Crippen molar-refractivity contribution in [1.29, 1.82) is 0 Å². The van der Waals surface area contributed by atoms with E-state index < -0.39 is 6.04 Å². The summed E-state index contributed by atoms with van der Waals surface area (Å²) in [6.07, 6.45) is 3.56. The lowest BCUT2D eigenvalue weighted by Crippen LogP contribution is -2.36. The van der Waals surface area contributed by atoms with E-state index in [1.165, 1.54) is 0 Å². The summed E-state index contributed by atoms with van der Waals surface area (Å²) in [5.74, 6) is 1.44. The van der Waals surface area contributed by atoms with Crippen LogP contribution in [0.5, 0.6) is 0 Å². The van der Waals surface area contributed by atoms with Crippen LogP contribution in [0.2, 0.25) is 0 Å². The molecule has 6 heteroatoms. The lowest BCUT2D eigenvalue weighted by molar-refractivity contribution is -0.117. The molecular formula is C14H26N4OS. The normalized spacial score (nSPS) is 13.3. The molecule has 3 N–H and O–H groups in total. The summed E-state index contributed by atoms with van der Waals surface area (Å²) in [5, 5.41) is 7.28. The summed E-state index contributed by atoms with van der Waals surface area (Å²) in [7, 11) is 1.83. The number of anilines is 1. The van der Waals surface area contributed by atoms with Crippen LogP contribution in [0.25, 0.3) is 0 Å². The van der Waals surface area contributed by atoms with Crippen molar-refractivity contribution in [1.82, 2.24) is 9.78 Å². The molecule has 1 heterocycles. The average Bonchev–Trinajstić information content (AvgIpc) is 2.63. The predicted octanol–water partition coefficient (Wildman–Crippen LogP) is 2.03. The van der Waals surface area contributed by atoms with E-state index in [0.29, 0.717) is 12.2 Å². The zero-order valence-electron chi connectivity index (χ0n) is 13.1. The molecule has 20 heavy (non-hydrogen) atoms. The van der Waals surface area contributed by atoms with Crippen molar-refractivity contribution in [3.05, 3.63) is 11.8 Å². The minimum absolute atomic E-state index is 0.149. The number of nitrogens with one attached hydrogen (secondary N) is 1. The van der Waals surface area contributed by atoms with Crippen LogP contribution >= 0.6 is 11.8 Å². The zero-order valence-corrected chi connectivity index (χ0v) is 13.9. The third kappa shape index (κ3) is 5.54. The molecule has 0 spiro atoms. The zero-order chi connectivity index (χ0) is 15.3. The predicted molar refractivity (Wildman–Crippen MR) is 86.0 cm³/mol. The fourth-order valence-electron chi connectivity index (χ4n) is 1.87. The van der Waals surface area contributed by atoms with Crippen LogP contribution < -0.4 is 11.1 Å². The van der Waals surface area contributed by atoms with Crippen molar-refractivity contribution in [3.63, 3.8) is 0 Å². The van der Waals surface area contributed by atoms with Gasteiger partial charge in [-0.25, -0.2) is 0 Å². The molecule has 1 rings (SSSR count). The summed E-state index contributed by atoms with van der Waals surface area (Å²) < 4.78 is 1.69. The van der Waals surface area contributed by atoms with Crippen molar-refractivity contribution in [3.8, 4) is 0 Å². The highest BCUT2D eigenvalue weighted by Gasteiger charge is 2.18. The summed E-state index contributed by atoms with van der Waals surface area (Å²) in [6.45, 7) is 6.49. The average molecular weight is 298 g/mol. The van der Waals surface area contributed by atoms with Crippen molar-refractivity contribution >= 4 is 23.5 Å². The van der Waals surface area contributed by atoms with Crippen molar-refractivity contribution in [2.45, 2.75) is 39.7 Å². The van der Waals surface area contributed by atoms with Crippen LogP contribution in [0.15, 0.2) is 6.07 Å². The first kappa shape index (κ1) is 17.0. The van der Waals surface area contributed by atoms with Gasteiger partial charge in [-0.15, -0.1) is 0 Å². The van der Waals surface area contributed by atoms with E-state index in [-0.39, 0.29) is 11.3 Å². The van der Waals surface area contributed by atoms with Gasteiger partial charge in [-0.3, -0.25) is 9.48 Å². The molecule has 1 aromatic heterocycles. The monoisotopic (exact) mass is 298 g/mol. The first-order valence-corrected chi connectivity index (χ1v) is 8.20. The summed E-state index contributed by atoms with van der Waals surface area (Å²) >= 11 is 1.69. The number of hydrogen-bond donors (Lipinski definition) is 2. The van der Waals surface area contributed by atoms with Crippen LogP contribution in [0, 0.1) is 5.41 Å². The molecule has 0 aliphatic rings. The molecule has 1 aromatic rings. The van der Waals surface area contributed by atoms with E-state index in [1.54, 1.807) is 16.4 Å². The number of nitrogens with zero attached hydrogens (tertiary/aromatic N) is 2. The Morgan fingerprint density at radius 1 is 1.55 bits per heavy atom. The molecule has 1 atom stereocenters. The van der Waals surface area contributed by atoms with E-state index in [1.807, 2.05) is 19.4 Å². The molecule has 114 valence electrons. The number of thioether (sulfide) groups is 1. The van der Waals surface area contributed by atoms with Crippen LogP contribution in [0.4, 0.5) is 5.82 Å². The maximum Gasteiger partial charge on any atom is 0.242 e. The highest BCUT2D eigenvalue weighted by molar-refractivity contribution is 7.98. The third-order valence-corrected chi connectivity index (χ3v) is 3.51. The van der Waals surface area contributed by atoms with Crippen LogP contribution in [-0.4, -0.2) is 33.7 Å². The minimum atomic E-state index is -0.469. The first-order valence-electron chi connectivity index (χ1n) is 6.81. The lowest BCUT2D eigenvalue weighted by atomic mass is 9.91. The van der Waals surface area contributed by atoms with E-state index >= 15 is 0 Å². The van der Waals surface area contributed by atoms with Gasteiger partial charge in [0.2, 0.25) is 5.91 Å². The van der Waals surface area contributed by atoms with Crippen LogP contribution in [0.1, 0.15) is 32.9 Å². The van der Waals surface area contributed by atoms with Crippen molar-refractivity contribution in [2.24, 2.45) is 18.2 Å². The Morgan fingerprint density at radius 2 is 2.20 bits per heavy atom. The van der Waals surface area contributed by atoms with Gasteiger partial charge in [-0.2, -0.15) is 16.9 Å². The maximum absolute atomic E-state index is 12.0. The first-order chi connectivity index (χ1) is 9.23. The quantitative estimate of drug-likeness (QED) is 0.843. The van der Waals surface area contributed by atoms with Crippen molar-refractivity contribution < 1.29 is 4.79 Å². The molecule has 0 radical (unpaired) electrons. The number of amides is 1. The van der Waals surface area contributed by atoms with Gasteiger partial charge in [0.1, 0.15) is 5.82 Å². The number of carbonyl (C=O) groups is 1. The topological polar surface area (TPSA) is 72.9 Å². The van der Waals surface area contributed by atoms with Gasteiger partial charge in [0, 0.05) is 13.1 Å². The molecule has 0 aliphatic carbocycles. The molecule has 0 unspecified atom stereocenters. The summed E-state index contributed by atoms with van der Waals surface area (Å²) in [5.41, 5.74) is 7.01. The number of carbonyl (C=O) groups excluding carboxylic acids is 1. The van der Waals surface area contributed by atoms with E-state index in [9.17, 15) is 4.79 Å². The Bertz CT molecular complexity index is 451. The third-order valence-electron chi connectivity index (χ3n) is 2.86. The highest BCUT2D eigenvalue weighted by atomic mass is 32.2. The van der Waals surface area contributed by atoms with Crippen LogP contribution in [-0.2, 0) is 18.3 Å². The smallest absolute Gasteiger partial charge is 0.242 e. The molecule has 0 fully saturated rings. The second kappa shape index (κ2) is 7.13. The van der Waals surface area contributed by atoms with Gasteiger partial charge in [-0.05, 0) is 30.3 Å². The Hall–Kier alpha value is -1.01. The fourth-order valence-corrected chi connectivity index (χ4v) is 2.36. The Kier molecular flexibility index (Phi) is 6.07. The summed E-state index contributed by atoms with van der Waals surface area (Å²) in [4.78, 5) is 12.0. The SMILES string of the molecule is CSCC[C@H](N)C(=O)Nc1cc(CC(C)(C)C)nn1C. The Balaban J connectivity index is 2.66. The number of aryl methyl sites for hydroxylation is 1. The molecular weight excluding hydrogens is 272 g/mol. The number of nitrogens with two attached hydrogens (primary N) is 1. The van der Waals surface area contributed by atoms with Gasteiger partial charge in [0.05, 0.1) is 11.7 Å². The number of rotatable bonds is 6. The largest absolute Gasteiger partial charge is 0.320 e. The maximum atomic E-state index is 12.0. The molecule has 0 bridgehead atoms. The molecule has 0 aromatic carbocycles. The fraction of sp³-hybridized carbons (Fsp3) is 0.714. The standard InChI is InChI=1S/C14H26N4OS/c1-14(2,3)9-10-8-12(18(4)17-10)16-13(19)11(15)6-7-20-5/h8,11H,6-7,9,15H2,1-5H3,(H,16,19)/t11-/m0/s1. The molecule has 0 saturated carbocycles. The van der Waals surface area contributed by atoms with E-state index in [2.05, 4.69) is 31.2 Å². The van der Waals surface area contributed by atoms with Gasteiger partial charge < -0.3 is 11.1 Å². The highest BCUT2D eigenvalue weighted by Crippen LogP contribution is 2.21. The van der Waals surface area contributed by atoms with Gasteiger partial charge in [-0.1, -0.05) is 20.8 Å². The molecule has 0 aliphatic heterocycles. The minimum Gasteiger partial charge on any atom is -0.320 e. The van der Waals surface area contributed by atoms with Crippen molar-refractivity contribution in [2.75, 3.05) is 17.3 Å². The number of aromatic nitrogens is 2. The van der Waals surface area contributed by atoms with Gasteiger partial charge in [0.15, 0.2) is 0 Å². The van der Waals surface area contributed by atoms with Gasteiger partial charge in [0.25, 0.3) is 0 Å². The molecule has 1 amide bonds. The Labute approximate surface area is 125 Å². The van der Waals surface area contributed by atoms with Crippen LogP contribution in [0.3, 0.4) is 0 Å². The Morgan fingerprint density at radius 3 is 2.75 bits per heavy atom.